The summed E-state index contributed by atoms with van der Waals surface area (Å²) in [5.74, 6) is 0.714. The summed E-state index contributed by atoms with van der Waals surface area (Å²) in [4.78, 5) is 18.5. The van der Waals surface area contributed by atoms with Crippen LogP contribution in [-0.4, -0.2) is 24.0 Å². The van der Waals surface area contributed by atoms with Gasteiger partial charge in [-0.05, 0) is 37.3 Å². The van der Waals surface area contributed by atoms with Crippen LogP contribution in [0, 0.1) is 0 Å². The number of fused-ring (bicyclic) bond motifs is 1. The zero-order chi connectivity index (χ0) is 17.4. The number of anilines is 1. The fraction of sp³-hybridized carbons (Fsp3) is 0.158. The predicted molar refractivity (Wildman–Crippen MR) is 102 cm³/mol. The highest BCUT2D eigenvalue weighted by Crippen LogP contribution is 2.37. The predicted octanol–water partition coefficient (Wildman–Crippen LogP) is 4.88. The number of rotatable bonds is 3. The van der Waals surface area contributed by atoms with E-state index >= 15 is 0 Å². The van der Waals surface area contributed by atoms with Crippen LogP contribution in [0.1, 0.15) is 6.92 Å². The van der Waals surface area contributed by atoms with E-state index in [1.165, 1.54) is 0 Å². The second-order valence-corrected chi connectivity index (χ2v) is 6.95. The van der Waals surface area contributed by atoms with Crippen LogP contribution >= 0.6 is 22.9 Å². The Bertz CT molecular complexity index is 937. The van der Waals surface area contributed by atoms with Crippen molar-refractivity contribution >= 4 is 34.5 Å². The Hall–Kier alpha value is -2.37. The average Bonchev–Trinajstić information content (AvgIpc) is 3.12. The van der Waals surface area contributed by atoms with Crippen molar-refractivity contribution in [3.8, 4) is 27.6 Å². The Labute approximate surface area is 154 Å². The summed E-state index contributed by atoms with van der Waals surface area (Å²) in [6, 6.07) is 13.5. The molecule has 4 nitrogen and oxygen atoms in total. The number of thiazole rings is 1. The standard InChI is InChI=1S/C19H15ClN2O2S/c1-2-22-16-9-13(5-8-17(16)24-10-18(22)23)15-11-25-19(21-15)12-3-6-14(20)7-4-12/h3-9,11H,2,10H2,1H3. The lowest BCUT2D eigenvalue weighted by Gasteiger charge is -2.28. The van der Waals surface area contributed by atoms with Gasteiger partial charge in [-0.25, -0.2) is 4.98 Å². The van der Waals surface area contributed by atoms with Gasteiger partial charge in [-0.15, -0.1) is 11.3 Å². The average molecular weight is 371 g/mol. The van der Waals surface area contributed by atoms with E-state index < -0.39 is 0 Å². The van der Waals surface area contributed by atoms with Gasteiger partial charge in [-0.2, -0.15) is 0 Å². The smallest absolute Gasteiger partial charge is 0.265 e. The van der Waals surface area contributed by atoms with Crippen LogP contribution in [0.15, 0.2) is 47.8 Å². The third-order valence-electron chi connectivity index (χ3n) is 4.11. The number of likely N-dealkylation sites (N-methyl/N-ethyl adjacent to an activating group) is 1. The second kappa shape index (κ2) is 6.50. The number of ether oxygens (including phenoxy) is 1. The number of halogens is 1. The van der Waals surface area contributed by atoms with Crippen LogP contribution in [0.25, 0.3) is 21.8 Å². The van der Waals surface area contributed by atoms with Gasteiger partial charge in [0.2, 0.25) is 0 Å². The van der Waals surface area contributed by atoms with Gasteiger partial charge in [0.1, 0.15) is 10.8 Å². The third-order valence-corrected chi connectivity index (χ3v) is 5.25. The van der Waals surface area contributed by atoms with E-state index in [0.29, 0.717) is 11.6 Å². The van der Waals surface area contributed by atoms with Crippen molar-refractivity contribution in [1.29, 1.82) is 0 Å². The van der Waals surface area contributed by atoms with E-state index in [1.807, 2.05) is 54.8 Å². The van der Waals surface area contributed by atoms with E-state index in [-0.39, 0.29) is 12.5 Å². The summed E-state index contributed by atoms with van der Waals surface area (Å²) in [6.07, 6.45) is 0. The van der Waals surface area contributed by atoms with E-state index in [9.17, 15) is 4.79 Å². The van der Waals surface area contributed by atoms with Gasteiger partial charge >= 0.3 is 0 Å². The Morgan fingerprint density at radius 1 is 1.20 bits per heavy atom. The van der Waals surface area contributed by atoms with Crippen LogP contribution in [0.4, 0.5) is 5.69 Å². The largest absolute Gasteiger partial charge is 0.482 e. The Morgan fingerprint density at radius 3 is 2.72 bits per heavy atom. The molecule has 0 aliphatic carbocycles. The molecular weight excluding hydrogens is 356 g/mol. The van der Waals surface area contributed by atoms with Gasteiger partial charge in [0.05, 0.1) is 11.4 Å². The molecule has 0 atom stereocenters. The normalized spacial score (nSPS) is 13.5. The number of amides is 1. The van der Waals surface area contributed by atoms with Crippen LogP contribution in [0.3, 0.4) is 0 Å². The number of carbonyl (C=O) groups is 1. The van der Waals surface area contributed by atoms with Gasteiger partial charge < -0.3 is 9.64 Å². The highest BCUT2D eigenvalue weighted by molar-refractivity contribution is 7.13. The second-order valence-electron chi connectivity index (χ2n) is 5.65. The molecule has 0 bridgehead atoms. The van der Waals surface area contributed by atoms with Crippen molar-refractivity contribution < 1.29 is 9.53 Å². The third kappa shape index (κ3) is 3.01. The van der Waals surface area contributed by atoms with Crippen molar-refractivity contribution in [2.45, 2.75) is 6.92 Å². The molecule has 0 saturated heterocycles. The molecule has 0 radical (unpaired) electrons. The highest BCUT2D eigenvalue weighted by Gasteiger charge is 2.24. The Balaban J connectivity index is 1.70. The van der Waals surface area contributed by atoms with Crippen molar-refractivity contribution in [2.75, 3.05) is 18.1 Å². The monoisotopic (exact) mass is 370 g/mol. The van der Waals surface area contributed by atoms with Gasteiger partial charge in [-0.1, -0.05) is 23.7 Å². The van der Waals surface area contributed by atoms with Gasteiger partial charge in [0, 0.05) is 28.1 Å². The Morgan fingerprint density at radius 2 is 1.96 bits per heavy atom. The summed E-state index contributed by atoms with van der Waals surface area (Å²) >= 11 is 7.53. The first kappa shape index (κ1) is 16.1. The maximum atomic E-state index is 12.0. The molecule has 3 aromatic rings. The summed E-state index contributed by atoms with van der Waals surface area (Å²) in [5, 5.41) is 3.66. The minimum atomic E-state index is -0.0210. The number of carbonyl (C=O) groups excluding carboxylic acids is 1. The minimum Gasteiger partial charge on any atom is -0.482 e. The van der Waals surface area contributed by atoms with Crippen molar-refractivity contribution in [3.05, 3.63) is 52.9 Å². The molecule has 0 saturated carbocycles. The minimum absolute atomic E-state index is 0.0210. The van der Waals surface area contributed by atoms with Crippen molar-refractivity contribution in [2.24, 2.45) is 0 Å². The molecular formula is C19H15ClN2O2S. The first-order valence-electron chi connectivity index (χ1n) is 7.95. The lowest BCUT2D eigenvalue weighted by molar-refractivity contribution is -0.121. The van der Waals surface area contributed by atoms with Crippen LogP contribution in [0.2, 0.25) is 5.02 Å². The molecule has 0 unspecified atom stereocenters. The maximum absolute atomic E-state index is 12.0. The first-order chi connectivity index (χ1) is 12.2. The summed E-state index contributed by atoms with van der Waals surface area (Å²) in [6.45, 7) is 2.67. The lowest BCUT2D eigenvalue weighted by atomic mass is 10.1. The molecule has 2 aromatic carbocycles. The van der Waals surface area contributed by atoms with E-state index in [1.54, 1.807) is 16.2 Å². The van der Waals surface area contributed by atoms with Crippen molar-refractivity contribution in [1.82, 2.24) is 4.98 Å². The SMILES string of the molecule is CCN1C(=O)COc2ccc(-c3csc(-c4ccc(Cl)cc4)n3)cc21. The molecule has 1 aromatic heterocycles. The van der Waals surface area contributed by atoms with Crippen LogP contribution in [0.5, 0.6) is 5.75 Å². The number of hydrogen-bond donors (Lipinski definition) is 0. The van der Waals surface area contributed by atoms with E-state index in [4.69, 9.17) is 21.3 Å². The lowest BCUT2D eigenvalue weighted by Crippen LogP contribution is -2.38. The number of hydrogen-bond acceptors (Lipinski definition) is 4. The van der Waals surface area contributed by atoms with Gasteiger partial charge in [0.25, 0.3) is 5.91 Å². The molecule has 0 spiro atoms. The number of aromatic nitrogens is 1. The fourth-order valence-corrected chi connectivity index (χ4v) is 3.80. The van der Waals surface area contributed by atoms with Crippen LogP contribution in [-0.2, 0) is 4.79 Å². The summed E-state index contributed by atoms with van der Waals surface area (Å²) in [7, 11) is 0. The Kier molecular flexibility index (Phi) is 4.19. The molecule has 6 heteroatoms. The van der Waals surface area contributed by atoms with Gasteiger partial charge in [-0.3, -0.25) is 4.79 Å². The van der Waals surface area contributed by atoms with E-state index in [2.05, 4.69) is 0 Å². The molecule has 0 N–H and O–H groups in total. The van der Waals surface area contributed by atoms with Gasteiger partial charge in [0.15, 0.2) is 6.61 Å². The fourth-order valence-electron chi connectivity index (χ4n) is 2.84. The first-order valence-corrected chi connectivity index (χ1v) is 9.20. The molecule has 2 heterocycles. The van der Waals surface area contributed by atoms with Crippen LogP contribution < -0.4 is 9.64 Å². The topological polar surface area (TPSA) is 42.4 Å². The van der Waals surface area contributed by atoms with E-state index in [0.717, 1.165) is 33.3 Å². The zero-order valence-electron chi connectivity index (χ0n) is 13.5. The molecule has 1 aliphatic heterocycles. The molecule has 0 fully saturated rings. The zero-order valence-corrected chi connectivity index (χ0v) is 15.1. The quantitative estimate of drug-likeness (QED) is 0.660. The maximum Gasteiger partial charge on any atom is 0.265 e. The molecule has 25 heavy (non-hydrogen) atoms. The number of nitrogens with zero attached hydrogens (tertiary/aromatic N) is 2. The molecule has 4 rings (SSSR count). The molecule has 1 amide bonds. The molecule has 126 valence electrons. The molecule has 1 aliphatic rings. The summed E-state index contributed by atoms with van der Waals surface area (Å²) < 4.78 is 5.52. The number of benzene rings is 2. The van der Waals surface area contributed by atoms with Crippen molar-refractivity contribution in [3.63, 3.8) is 0 Å². The summed E-state index contributed by atoms with van der Waals surface area (Å²) in [5.41, 5.74) is 3.68. The highest BCUT2D eigenvalue weighted by atomic mass is 35.5.